The van der Waals surface area contributed by atoms with E-state index in [0.29, 0.717) is 24.3 Å². The van der Waals surface area contributed by atoms with Crippen molar-refractivity contribution in [3.8, 4) is 5.75 Å². The molecule has 6 nitrogen and oxygen atoms in total. The molecule has 1 aromatic heterocycles. The number of fused-ring (bicyclic) bond motifs is 1. The molecule has 7 heteroatoms. The predicted molar refractivity (Wildman–Crippen MR) is 93.5 cm³/mol. The summed E-state index contributed by atoms with van der Waals surface area (Å²) >= 11 is 0. The molecule has 1 saturated heterocycles. The van der Waals surface area contributed by atoms with Gasteiger partial charge in [0.25, 0.3) is 5.91 Å². The van der Waals surface area contributed by atoms with Gasteiger partial charge >= 0.3 is 0 Å². The smallest absolute Gasteiger partial charge is 0.254 e. The second-order valence-electron chi connectivity index (χ2n) is 6.58. The van der Waals surface area contributed by atoms with Gasteiger partial charge < -0.3 is 19.7 Å². The fourth-order valence-electron chi connectivity index (χ4n) is 3.15. The maximum Gasteiger partial charge on any atom is 0.254 e. The number of likely N-dealkylation sites (tertiary alicyclic amines) is 1. The van der Waals surface area contributed by atoms with Crippen LogP contribution in [0, 0.1) is 5.82 Å². The zero-order valence-electron chi connectivity index (χ0n) is 14.0. The number of rotatable bonds is 4. The van der Waals surface area contributed by atoms with E-state index in [-0.39, 0.29) is 24.9 Å². The van der Waals surface area contributed by atoms with Gasteiger partial charge in [0.2, 0.25) is 0 Å². The van der Waals surface area contributed by atoms with Crippen molar-refractivity contribution in [2.45, 2.75) is 12.0 Å². The highest BCUT2D eigenvalue weighted by atomic mass is 19.1. The summed E-state index contributed by atoms with van der Waals surface area (Å²) in [6.45, 7) is 0.680. The van der Waals surface area contributed by atoms with Crippen molar-refractivity contribution in [2.75, 3.05) is 19.7 Å². The fourth-order valence-corrected chi connectivity index (χ4v) is 3.15. The highest BCUT2D eigenvalue weighted by Crippen LogP contribution is 2.25. The molecule has 1 amide bonds. The lowest BCUT2D eigenvalue weighted by Gasteiger charge is -2.23. The number of halogens is 1. The topological polar surface area (TPSA) is 78.5 Å². The number of β-amino-alcohol motifs (C(OH)–C–C–N with tert-alkyl or cyclic N) is 1. The molecule has 0 saturated carbocycles. The van der Waals surface area contributed by atoms with Crippen molar-refractivity contribution in [1.82, 2.24) is 14.9 Å². The summed E-state index contributed by atoms with van der Waals surface area (Å²) in [6, 6.07) is 10.9. The minimum Gasteiger partial charge on any atom is -0.491 e. The van der Waals surface area contributed by atoms with Gasteiger partial charge in [0.15, 0.2) is 0 Å². The van der Waals surface area contributed by atoms with Crippen molar-refractivity contribution in [3.63, 3.8) is 0 Å². The van der Waals surface area contributed by atoms with Crippen LogP contribution in [0.1, 0.15) is 16.8 Å². The average molecular weight is 355 g/mol. The number of H-pyrrole nitrogens is 1. The molecule has 0 radical (unpaired) electrons. The maximum absolute atomic E-state index is 12.9. The first kappa shape index (κ1) is 16.5. The normalized spacial score (nSPS) is 19.8. The van der Waals surface area contributed by atoms with Crippen LogP contribution in [-0.4, -0.2) is 51.2 Å². The Labute approximate surface area is 149 Å². The Morgan fingerprint density at radius 3 is 2.92 bits per heavy atom. The summed E-state index contributed by atoms with van der Waals surface area (Å²) < 4.78 is 18.5. The van der Waals surface area contributed by atoms with Gasteiger partial charge in [-0.05, 0) is 48.9 Å². The number of aromatic amines is 1. The standard InChI is InChI=1S/C19H18FN3O3/c20-14-2-4-15(5-3-14)26-11-19(25)7-8-23(10-19)18(24)13-1-6-16-17(9-13)22-12-21-16/h1-6,9,12,25H,7-8,10-11H2,(H,21,22)/t19-/m1/s1. The Hall–Kier alpha value is -2.93. The zero-order valence-corrected chi connectivity index (χ0v) is 14.0. The lowest BCUT2D eigenvalue weighted by Crippen LogP contribution is -2.40. The van der Waals surface area contributed by atoms with Crippen LogP contribution in [0.4, 0.5) is 4.39 Å². The number of aromatic nitrogens is 2. The van der Waals surface area contributed by atoms with E-state index in [1.807, 2.05) is 0 Å². The molecule has 4 rings (SSSR count). The molecule has 2 heterocycles. The van der Waals surface area contributed by atoms with E-state index in [1.54, 1.807) is 29.4 Å². The summed E-state index contributed by atoms with van der Waals surface area (Å²) in [4.78, 5) is 21.5. The monoisotopic (exact) mass is 355 g/mol. The molecule has 3 aromatic rings. The predicted octanol–water partition coefficient (Wildman–Crippen LogP) is 2.36. The largest absolute Gasteiger partial charge is 0.491 e. The lowest BCUT2D eigenvalue weighted by molar-refractivity contribution is 0.00429. The molecular weight excluding hydrogens is 337 g/mol. The maximum atomic E-state index is 12.9. The summed E-state index contributed by atoms with van der Waals surface area (Å²) in [6.07, 6.45) is 2.01. The van der Waals surface area contributed by atoms with Crippen LogP contribution < -0.4 is 4.74 Å². The van der Waals surface area contributed by atoms with E-state index >= 15 is 0 Å². The number of hydrogen-bond donors (Lipinski definition) is 2. The first-order chi connectivity index (χ1) is 12.5. The molecule has 1 aliphatic heterocycles. The summed E-state index contributed by atoms with van der Waals surface area (Å²) in [5.74, 6) is -0.00329. The van der Waals surface area contributed by atoms with Gasteiger partial charge in [0.05, 0.1) is 23.9 Å². The van der Waals surface area contributed by atoms with E-state index in [4.69, 9.17) is 4.74 Å². The summed E-state index contributed by atoms with van der Waals surface area (Å²) in [5, 5.41) is 10.7. The van der Waals surface area contributed by atoms with E-state index in [2.05, 4.69) is 9.97 Å². The number of aliphatic hydroxyl groups is 1. The van der Waals surface area contributed by atoms with Gasteiger partial charge in [0, 0.05) is 12.1 Å². The number of carbonyl (C=O) groups is 1. The SMILES string of the molecule is O=C(c1ccc2nc[nH]c2c1)N1CC[C@](O)(COc2ccc(F)cc2)C1. The van der Waals surface area contributed by atoms with Crippen LogP contribution in [0.2, 0.25) is 0 Å². The highest BCUT2D eigenvalue weighted by Gasteiger charge is 2.39. The van der Waals surface area contributed by atoms with Gasteiger partial charge in [-0.15, -0.1) is 0 Å². The van der Waals surface area contributed by atoms with Crippen molar-refractivity contribution in [2.24, 2.45) is 0 Å². The third-order valence-electron chi connectivity index (χ3n) is 4.61. The van der Waals surface area contributed by atoms with E-state index < -0.39 is 5.60 Å². The molecule has 0 bridgehead atoms. The number of imidazole rings is 1. The van der Waals surface area contributed by atoms with E-state index in [0.717, 1.165) is 11.0 Å². The summed E-state index contributed by atoms with van der Waals surface area (Å²) in [7, 11) is 0. The number of hydrogen-bond acceptors (Lipinski definition) is 4. The average Bonchev–Trinajstić information content (AvgIpc) is 3.27. The van der Waals surface area contributed by atoms with Crippen LogP contribution in [0.5, 0.6) is 5.75 Å². The molecular formula is C19H18FN3O3. The third kappa shape index (κ3) is 3.25. The first-order valence-electron chi connectivity index (χ1n) is 8.36. The molecule has 26 heavy (non-hydrogen) atoms. The molecule has 2 N–H and O–H groups in total. The third-order valence-corrected chi connectivity index (χ3v) is 4.61. The highest BCUT2D eigenvalue weighted by molar-refractivity contribution is 5.97. The minimum atomic E-state index is -1.12. The van der Waals surface area contributed by atoms with Gasteiger partial charge in [0.1, 0.15) is 23.8 Å². The quantitative estimate of drug-likeness (QED) is 0.753. The number of nitrogens with one attached hydrogen (secondary N) is 1. The molecule has 0 spiro atoms. The van der Waals surface area contributed by atoms with Gasteiger partial charge in [-0.2, -0.15) is 0 Å². The molecule has 2 aromatic carbocycles. The van der Waals surface area contributed by atoms with Gasteiger partial charge in [-0.3, -0.25) is 4.79 Å². The van der Waals surface area contributed by atoms with Crippen LogP contribution in [-0.2, 0) is 0 Å². The Morgan fingerprint density at radius 1 is 1.31 bits per heavy atom. The van der Waals surface area contributed by atoms with E-state index in [1.165, 1.54) is 24.3 Å². The number of carbonyl (C=O) groups excluding carboxylic acids is 1. The van der Waals surface area contributed by atoms with Crippen LogP contribution in [0.3, 0.4) is 0 Å². The number of benzene rings is 2. The second-order valence-corrected chi connectivity index (χ2v) is 6.58. The Balaban J connectivity index is 1.41. The van der Waals surface area contributed by atoms with Gasteiger partial charge in [-0.1, -0.05) is 0 Å². The molecule has 1 fully saturated rings. The van der Waals surface area contributed by atoms with Crippen molar-refractivity contribution >= 4 is 16.9 Å². The van der Waals surface area contributed by atoms with Crippen molar-refractivity contribution < 1.29 is 19.0 Å². The van der Waals surface area contributed by atoms with E-state index in [9.17, 15) is 14.3 Å². The van der Waals surface area contributed by atoms with Crippen LogP contribution in [0.25, 0.3) is 11.0 Å². The summed E-state index contributed by atoms with van der Waals surface area (Å²) in [5.41, 5.74) is 1.02. The Morgan fingerprint density at radius 2 is 2.12 bits per heavy atom. The molecule has 1 atom stereocenters. The zero-order chi connectivity index (χ0) is 18.1. The van der Waals surface area contributed by atoms with Crippen molar-refractivity contribution in [3.05, 3.63) is 60.2 Å². The Kier molecular flexibility index (Phi) is 4.08. The molecule has 134 valence electrons. The fraction of sp³-hybridized carbons (Fsp3) is 0.263. The van der Waals surface area contributed by atoms with Crippen LogP contribution in [0.15, 0.2) is 48.8 Å². The van der Waals surface area contributed by atoms with Gasteiger partial charge in [-0.25, -0.2) is 9.37 Å². The molecule has 1 aliphatic rings. The number of nitrogens with zero attached hydrogens (tertiary/aromatic N) is 2. The second kappa shape index (κ2) is 6.42. The first-order valence-corrected chi connectivity index (χ1v) is 8.36. The number of ether oxygens (including phenoxy) is 1. The van der Waals surface area contributed by atoms with Crippen molar-refractivity contribution in [1.29, 1.82) is 0 Å². The van der Waals surface area contributed by atoms with Crippen LogP contribution >= 0.6 is 0 Å². The molecule has 0 aliphatic carbocycles. The number of amides is 1. The molecule has 0 unspecified atom stereocenters. The lowest BCUT2D eigenvalue weighted by atomic mass is 10.1. The minimum absolute atomic E-state index is 0.0436. The Bertz CT molecular complexity index is 941.